The molecule has 1 aliphatic rings. The Morgan fingerprint density at radius 2 is 2.24 bits per heavy atom. The number of Topliss-reactive ketones (excluding diaryl/α,β-unsaturated/α-hetero) is 1. The van der Waals surface area contributed by atoms with Crippen molar-refractivity contribution in [2.45, 2.75) is 20.0 Å². The molecule has 0 aliphatic carbocycles. The lowest BCUT2D eigenvalue weighted by atomic mass is 9.78. The summed E-state index contributed by atoms with van der Waals surface area (Å²) in [6.07, 6.45) is 0.215. The van der Waals surface area contributed by atoms with Crippen LogP contribution in [0.5, 0.6) is 0 Å². The molecule has 0 radical (unpaired) electrons. The molecular formula is C15H13BClNO3. The van der Waals surface area contributed by atoms with Gasteiger partial charge >= 0.3 is 7.12 Å². The molecule has 106 valence electrons. The van der Waals surface area contributed by atoms with Crippen molar-refractivity contribution in [1.82, 2.24) is 4.98 Å². The Labute approximate surface area is 127 Å². The molecule has 0 atom stereocenters. The minimum atomic E-state index is -0.901. The van der Waals surface area contributed by atoms with Gasteiger partial charge in [-0.25, -0.2) is 4.98 Å². The van der Waals surface area contributed by atoms with Crippen LogP contribution >= 0.6 is 11.6 Å². The van der Waals surface area contributed by atoms with Gasteiger partial charge in [0.15, 0.2) is 5.78 Å². The first-order chi connectivity index (χ1) is 10.0. The number of aromatic nitrogens is 1. The van der Waals surface area contributed by atoms with Crippen molar-refractivity contribution in [3.63, 3.8) is 0 Å². The molecule has 1 aliphatic heterocycles. The van der Waals surface area contributed by atoms with E-state index in [9.17, 15) is 9.82 Å². The van der Waals surface area contributed by atoms with E-state index in [0.717, 1.165) is 22.2 Å². The Hall–Kier alpha value is -1.69. The molecule has 1 aromatic carbocycles. The van der Waals surface area contributed by atoms with Crippen molar-refractivity contribution in [3.05, 3.63) is 57.9 Å². The second-order valence-corrected chi connectivity index (χ2v) is 5.46. The second kappa shape index (κ2) is 5.60. The number of pyridine rings is 1. The fraction of sp³-hybridized carbons (Fsp3) is 0.200. The van der Waals surface area contributed by atoms with Gasteiger partial charge in [-0.1, -0.05) is 35.9 Å². The molecule has 1 N–H and O–H groups in total. The van der Waals surface area contributed by atoms with E-state index in [2.05, 4.69) is 4.98 Å². The summed E-state index contributed by atoms with van der Waals surface area (Å²) in [7, 11) is -0.901. The van der Waals surface area contributed by atoms with E-state index in [1.807, 2.05) is 19.1 Å². The number of fused-ring (bicyclic) bond motifs is 1. The zero-order valence-electron chi connectivity index (χ0n) is 11.5. The number of rotatable bonds is 3. The van der Waals surface area contributed by atoms with E-state index in [4.69, 9.17) is 16.3 Å². The van der Waals surface area contributed by atoms with Gasteiger partial charge in [0.25, 0.3) is 0 Å². The SMILES string of the molecule is Cc1ccc(C(=O)Cc2ccc3c(c2)B(O)OC3)nc1Cl. The Morgan fingerprint density at radius 3 is 3.00 bits per heavy atom. The minimum Gasteiger partial charge on any atom is -0.423 e. The molecule has 2 heterocycles. The molecule has 3 rings (SSSR count). The molecular weight excluding hydrogens is 288 g/mol. The van der Waals surface area contributed by atoms with Crippen LogP contribution in [0.3, 0.4) is 0 Å². The summed E-state index contributed by atoms with van der Waals surface area (Å²) < 4.78 is 5.14. The van der Waals surface area contributed by atoms with Crippen LogP contribution in [0.1, 0.15) is 27.2 Å². The van der Waals surface area contributed by atoms with Crippen LogP contribution in [0.25, 0.3) is 0 Å². The Balaban J connectivity index is 1.82. The topological polar surface area (TPSA) is 59.4 Å². The van der Waals surface area contributed by atoms with Crippen LogP contribution < -0.4 is 5.46 Å². The highest BCUT2D eigenvalue weighted by atomic mass is 35.5. The third-order valence-corrected chi connectivity index (χ3v) is 3.94. The molecule has 0 amide bonds. The van der Waals surface area contributed by atoms with Crippen LogP contribution in [0, 0.1) is 6.92 Å². The number of hydrogen-bond acceptors (Lipinski definition) is 4. The number of halogens is 1. The summed E-state index contributed by atoms with van der Waals surface area (Å²) in [5, 5.41) is 10.0. The van der Waals surface area contributed by atoms with E-state index in [0.29, 0.717) is 17.5 Å². The van der Waals surface area contributed by atoms with Crippen molar-refractivity contribution < 1.29 is 14.5 Å². The van der Waals surface area contributed by atoms with Gasteiger partial charge in [0.1, 0.15) is 10.8 Å². The molecule has 0 saturated heterocycles. The average Bonchev–Trinajstić information content (AvgIpc) is 2.83. The third kappa shape index (κ3) is 2.86. The van der Waals surface area contributed by atoms with Gasteiger partial charge in [0.2, 0.25) is 0 Å². The first-order valence-corrected chi connectivity index (χ1v) is 7.00. The average molecular weight is 302 g/mol. The monoisotopic (exact) mass is 301 g/mol. The first kappa shape index (κ1) is 14.3. The highest BCUT2D eigenvalue weighted by molar-refractivity contribution is 6.61. The molecule has 0 spiro atoms. The largest absolute Gasteiger partial charge is 0.491 e. The number of benzene rings is 1. The van der Waals surface area contributed by atoms with Crippen LogP contribution in [-0.4, -0.2) is 22.9 Å². The van der Waals surface area contributed by atoms with E-state index in [1.165, 1.54) is 0 Å². The molecule has 4 nitrogen and oxygen atoms in total. The molecule has 0 unspecified atom stereocenters. The number of carbonyl (C=O) groups is 1. The van der Waals surface area contributed by atoms with E-state index < -0.39 is 7.12 Å². The zero-order chi connectivity index (χ0) is 15.0. The lowest BCUT2D eigenvalue weighted by molar-refractivity contribution is 0.0988. The van der Waals surface area contributed by atoms with Crippen molar-refractivity contribution >= 4 is 30.0 Å². The number of ketones is 1. The van der Waals surface area contributed by atoms with Crippen molar-refractivity contribution in [3.8, 4) is 0 Å². The lowest BCUT2D eigenvalue weighted by Crippen LogP contribution is -2.28. The minimum absolute atomic E-state index is 0.106. The van der Waals surface area contributed by atoms with Crippen molar-refractivity contribution in [2.24, 2.45) is 0 Å². The second-order valence-electron chi connectivity index (χ2n) is 5.10. The number of hydrogen-bond donors (Lipinski definition) is 1. The van der Waals surface area contributed by atoms with Gasteiger partial charge in [-0.05, 0) is 35.1 Å². The van der Waals surface area contributed by atoms with Gasteiger partial charge in [-0.3, -0.25) is 4.79 Å². The first-order valence-electron chi connectivity index (χ1n) is 6.62. The highest BCUT2D eigenvalue weighted by Gasteiger charge is 2.27. The predicted octanol–water partition coefficient (Wildman–Crippen LogP) is 1.69. The Morgan fingerprint density at radius 1 is 1.43 bits per heavy atom. The molecule has 1 aromatic heterocycles. The standard InChI is InChI=1S/C15H13BClNO3/c1-9-2-5-13(18-15(9)17)14(19)7-10-3-4-11-8-21-16(20)12(11)6-10/h2-6,20H,7-8H2,1H3. The summed E-state index contributed by atoms with van der Waals surface area (Å²) in [5.41, 5.74) is 3.70. The van der Waals surface area contributed by atoms with Gasteiger partial charge in [0.05, 0.1) is 6.61 Å². The molecule has 0 saturated carbocycles. The van der Waals surface area contributed by atoms with Crippen LogP contribution in [0.15, 0.2) is 30.3 Å². The van der Waals surface area contributed by atoms with Crippen molar-refractivity contribution in [1.29, 1.82) is 0 Å². The summed E-state index contributed by atoms with van der Waals surface area (Å²) >= 11 is 5.94. The third-order valence-electron chi connectivity index (χ3n) is 3.56. The van der Waals surface area contributed by atoms with Gasteiger partial charge in [-0.2, -0.15) is 0 Å². The fourth-order valence-corrected chi connectivity index (χ4v) is 2.46. The number of carbonyl (C=O) groups excluding carboxylic acids is 1. The molecule has 21 heavy (non-hydrogen) atoms. The normalized spacial score (nSPS) is 13.4. The highest BCUT2D eigenvalue weighted by Crippen LogP contribution is 2.15. The van der Waals surface area contributed by atoms with E-state index in [1.54, 1.807) is 18.2 Å². The van der Waals surface area contributed by atoms with Crippen LogP contribution in [-0.2, 0) is 17.7 Å². The van der Waals surface area contributed by atoms with E-state index in [-0.39, 0.29) is 12.2 Å². The predicted molar refractivity (Wildman–Crippen MR) is 80.9 cm³/mol. The number of nitrogens with zero attached hydrogens (tertiary/aromatic N) is 1. The smallest absolute Gasteiger partial charge is 0.423 e. The summed E-state index contributed by atoms with van der Waals surface area (Å²) in [6, 6.07) is 9.01. The molecule has 6 heteroatoms. The lowest BCUT2D eigenvalue weighted by Gasteiger charge is -2.05. The van der Waals surface area contributed by atoms with Gasteiger partial charge in [0, 0.05) is 6.42 Å². The Bertz CT molecular complexity index is 720. The van der Waals surface area contributed by atoms with Crippen molar-refractivity contribution in [2.75, 3.05) is 0 Å². The quantitative estimate of drug-likeness (QED) is 0.532. The van der Waals surface area contributed by atoms with Gasteiger partial charge < -0.3 is 9.68 Å². The summed E-state index contributed by atoms with van der Waals surface area (Å²) in [4.78, 5) is 16.3. The van der Waals surface area contributed by atoms with Crippen LogP contribution in [0.4, 0.5) is 0 Å². The molecule has 2 aromatic rings. The summed E-state index contributed by atoms with van der Waals surface area (Å²) in [5.74, 6) is -0.106. The maximum atomic E-state index is 12.2. The fourth-order valence-electron chi connectivity index (χ4n) is 2.31. The number of aryl methyl sites for hydroxylation is 1. The molecule has 0 fully saturated rings. The zero-order valence-corrected chi connectivity index (χ0v) is 12.2. The van der Waals surface area contributed by atoms with Crippen LogP contribution in [0.2, 0.25) is 5.15 Å². The van der Waals surface area contributed by atoms with Gasteiger partial charge in [-0.15, -0.1) is 0 Å². The maximum absolute atomic E-state index is 12.2. The Kier molecular flexibility index (Phi) is 3.80. The van der Waals surface area contributed by atoms with E-state index >= 15 is 0 Å². The molecule has 0 bridgehead atoms. The summed E-state index contributed by atoms with van der Waals surface area (Å²) in [6.45, 7) is 2.24. The maximum Gasteiger partial charge on any atom is 0.491 e.